The van der Waals surface area contributed by atoms with Gasteiger partial charge in [0.25, 0.3) is 0 Å². The molecule has 1 aliphatic heterocycles. The van der Waals surface area contributed by atoms with E-state index >= 15 is 0 Å². The fourth-order valence-corrected chi connectivity index (χ4v) is 3.66. The lowest BCUT2D eigenvalue weighted by atomic mass is 9.94. The number of likely N-dealkylation sites (tertiary alicyclic amines) is 1. The topological polar surface area (TPSA) is 123 Å². The number of fused-ring (bicyclic) bond motifs is 1. The van der Waals surface area contributed by atoms with Crippen LogP contribution in [0.1, 0.15) is 38.3 Å². The predicted octanol–water partition coefficient (Wildman–Crippen LogP) is 2.68. The summed E-state index contributed by atoms with van der Waals surface area (Å²) in [6.07, 6.45) is 2.85. The molecular formula is C20H25N3O5. The summed E-state index contributed by atoms with van der Waals surface area (Å²) in [6, 6.07) is 4.37. The Balaban J connectivity index is 1.95. The van der Waals surface area contributed by atoms with Crippen molar-refractivity contribution in [3.8, 4) is 0 Å². The number of nitrogens with one attached hydrogen (secondary N) is 2. The highest BCUT2D eigenvalue weighted by Gasteiger charge is 2.35. The zero-order valence-corrected chi connectivity index (χ0v) is 15.9. The molecule has 1 fully saturated rings. The fourth-order valence-electron chi connectivity index (χ4n) is 3.66. The number of rotatable bonds is 6. The number of aromatic nitrogens is 1. The highest BCUT2D eigenvalue weighted by atomic mass is 16.4. The Hall–Kier alpha value is -2.87. The van der Waals surface area contributed by atoms with E-state index in [1.54, 1.807) is 43.1 Å². The lowest BCUT2D eigenvalue weighted by Crippen LogP contribution is -2.43. The van der Waals surface area contributed by atoms with Crippen LogP contribution in [0.3, 0.4) is 0 Å². The number of anilines is 1. The van der Waals surface area contributed by atoms with Crippen LogP contribution >= 0.6 is 0 Å². The molecule has 0 unspecified atom stereocenters. The molecule has 0 saturated carbocycles. The number of aromatic amines is 1. The van der Waals surface area contributed by atoms with Crippen LogP contribution < -0.4 is 5.32 Å². The van der Waals surface area contributed by atoms with Gasteiger partial charge in [-0.25, -0.2) is 0 Å². The summed E-state index contributed by atoms with van der Waals surface area (Å²) in [6.45, 7) is 4.32. The van der Waals surface area contributed by atoms with Crippen LogP contribution in [0.25, 0.3) is 10.9 Å². The number of hydrogen-bond acceptors (Lipinski definition) is 4. The van der Waals surface area contributed by atoms with Gasteiger partial charge < -0.3 is 20.5 Å². The zero-order chi connectivity index (χ0) is 20.4. The lowest BCUT2D eigenvalue weighted by molar-refractivity contribution is -0.149. The molecule has 0 bridgehead atoms. The van der Waals surface area contributed by atoms with Crippen molar-refractivity contribution in [2.24, 2.45) is 11.8 Å². The molecule has 4 N–H and O–H groups in total. The minimum atomic E-state index is -1.02. The van der Waals surface area contributed by atoms with E-state index in [-0.39, 0.29) is 18.4 Å². The molecular weight excluding hydrogens is 362 g/mol. The van der Waals surface area contributed by atoms with E-state index in [9.17, 15) is 24.6 Å². The summed E-state index contributed by atoms with van der Waals surface area (Å²) in [5.74, 6) is -2.78. The van der Waals surface area contributed by atoms with Crippen molar-refractivity contribution in [3.63, 3.8) is 0 Å². The number of nitrogens with zero attached hydrogens (tertiary/aromatic N) is 1. The molecule has 2 heterocycles. The van der Waals surface area contributed by atoms with Gasteiger partial charge in [0.15, 0.2) is 0 Å². The van der Waals surface area contributed by atoms with E-state index in [2.05, 4.69) is 10.3 Å². The van der Waals surface area contributed by atoms with Crippen LogP contribution in [-0.4, -0.2) is 51.0 Å². The van der Waals surface area contributed by atoms with E-state index in [4.69, 9.17) is 0 Å². The van der Waals surface area contributed by atoms with Crippen LogP contribution in [0.5, 0.6) is 0 Å². The quantitative estimate of drug-likeness (QED) is 0.604. The van der Waals surface area contributed by atoms with Crippen molar-refractivity contribution >= 4 is 34.4 Å². The number of amides is 1. The fraction of sp³-hybridized carbons (Fsp3) is 0.450. The summed E-state index contributed by atoms with van der Waals surface area (Å²) < 4.78 is 0. The first-order valence-electron chi connectivity index (χ1n) is 9.39. The molecule has 1 amide bonds. The second-order valence-electron chi connectivity index (χ2n) is 7.56. The minimum Gasteiger partial charge on any atom is -0.481 e. The van der Waals surface area contributed by atoms with Crippen LogP contribution in [0.15, 0.2) is 24.4 Å². The summed E-state index contributed by atoms with van der Waals surface area (Å²) >= 11 is 0. The van der Waals surface area contributed by atoms with Gasteiger partial charge in [0.05, 0.1) is 5.92 Å². The molecule has 1 aromatic carbocycles. The third-order valence-electron chi connectivity index (χ3n) is 5.20. The number of carbonyl (C=O) groups is 3. The summed E-state index contributed by atoms with van der Waals surface area (Å²) in [7, 11) is 0. The number of carbonyl (C=O) groups excluding carboxylic acids is 1. The van der Waals surface area contributed by atoms with Gasteiger partial charge in [-0.05, 0) is 37.6 Å². The number of benzene rings is 1. The van der Waals surface area contributed by atoms with Crippen LogP contribution in [0, 0.1) is 11.8 Å². The van der Waals surface area contributed by atoms with E-state index in [1.165, 1.54) is 0 Å². The highest BCUT2D eigenvalue weighted by Crippen LogP contribution is 2.33. The highest BCUT2D eigenvalue weighted by molar-refractivity contribution is 5.96. The minimum absolute atomic E-state index is 0.119. The summed E-state index contributed by atoms with van der Waals surface area (Å²) in [5, 5.41) is 22.7. The van der Waals surface area contributed by atoms with E-state index in [0.29, 0.717) is 36.0 Å². The monoisotopic (exact) mass is 387 g/mol. The van der Waals surface area contributed by atoms with Crippen molar-refractivity contribution < 1.29 is 24.6 Å². The molecule has 8 heteroatoms. The first-order chi connectivity index (χ1) is 13.3. The van der Waals surface area contributed by atoms with Gasteiger partial charge in [-0.1, -0.05) is 13.8 Å². The van der Waals surface area contributed by atoms with Crippen LogP contribution in [-0.2, 0) is 14.4 Å². The Morgan fingerprint density at radius 3 is 2.64 bits per heavy atom. The van der Waals surface area contributed by atoms with E-state index in [0.717, 1.165) is 5.52 Å². The average molecular weight is 387 g/mol. The zero-order valence-electron chi connectivity index (χ0n) is 15.9. The average Bonchev–Trinajstić information content (AvgIpc) is 3.04. The molecule has 0 aliphatic carbocycles. The van der Waals surface area contributed by atoms with Crippen molar-refractivity contribution in [2.75, 3.05) is 18.4 Å². The van der Waals surface area contributed by atoms with Gasteiger partial charge >= 0.3 is 11.9 Å². The Morgan fingerprint density at radius 2 is 2.00 bits per heavy atom. The third kappa shape index (κ3) is 4.01. The number of aliphatic carboxylic acids is 2. The maximum Gasteiger partial charge on any atom is 0.325 e. The number of hydrogen-bond donors (Lipinski definition) is 4. The van der Waals surface area contributed by atoms with Gasteiger partial charge in [-0.2, -0.15) is 0 Å². The molecule has 28 heavy (non-hydrogen) atoms. The van der Waals surface area contributed by atoms with Gasteiger partial charge in [-0.15, -0.1) is 0 Å². The van der Waals surface area contributed by atoms with Crippen LogP contribution in [0.4, 0.5) is 5.69 Å². The Bertz CT molecular complexity index is 904. The number of carboxylic acid groups (broad SMARTS) is 2. The Morgan fingerprint density at radius 1 is 1.25 bits per heavy atom. The Kier molecular flexibility index (Phi) is 5.69. The van der Waals surface area contributed by atoms with Crippen LogP contribution in [0.2, 0.25) is 0 Å². The molecule has 1 aromatic heterocycles. The number of H-pyrrole nitrogens is 1. The van der Waals surface area contributed by atoms with Gasteiger partial charge in [0.1, 0.15) is 6.04 Å². The number of carboxylic acids is 2. The predicted molar refractivity (Wildman–Crippen MR) is 104 cm³/mol. The smallest absolute Gasteiger partial charge is 0.325 e. The van der Waals surface area contributed by atoms with Crippen molar-refractivity contribution in [2.45, 2.75) is 32.7 Å². The molecule has 1 aliphatic rings. The molecule has 3 rings (SSSR count). The first kappa shape index (κ1) is 19.9. The van der Waals surface area contributed by atoms with Gasteiger partial charge in [0.2, 0.25) is 5.91 Å². The molecule has 0 radical (unpaired) electrons. The summed E-state index contributed by atoms with van der Waals surface area (Å²) in [4.78, 5) is 40.2. The maximum atomic E-state index is 12.1. The second-order valence-corrected chi connectivity index (χ2v) is 7.56. The SMILES string of the molecule is CC(C)C(=O)Nc1ccc2[nH]cc([C@H](C(=O)O)N3CCC[C@@H](C(=O)O)C3)c2c1. The lowest BCUT2D eigenvalue weighted by Gasteiger charge is -2.34. The van der Waals surface area contributed by atoms with Crippen molar-refractivity contribution in [1.82, 2.24) is 9.88 Å². The molecule has 8 nitrogen and oxygen atoms in total. The standard InChI is InChI=1S/C20H25N3O5/c1-11(2)18(24)22-13-5-6-16-14(8-13)15(9-21-16)17(20(27)28)23-7-3-4-12(10-23)19(25)26/h5-6,8-9,11-12,17,21H,3-4,7,10H2,1-2H3,(H,22,24)(H,25,26)(H,27,28)/t12-,17-/m1/s1. The van der Waals surface area contributed by atoms with Crippen molar-refractivity contribution in [3.05, 3.63) is 30.0 Å². The molecule has 150 valence electrons. The summed E-state index contributed by atoms with van der Waals surface area (Å²) in [5.41, 5.74) is 1.92. The van der Waals surface area contributed by atoms with E-state index in [1.807, 2.05) is 0 Å². The van der Waals surface area contributed by atoms with Crippen molar-refractivity contribution in [1.29, 1.82) is 0 Å². The maximum absolute atomic E-state index is 12.1. The number of piperidine rings is 1. The van der Waals surface area contributed by atoms with Gasteiger partial charge in [0, 0.05) is 40.8 Å². The third-order valence-corrected chi connectivity index (χ3v) is 5.20. The molecule has 0 spiro atoms. The largest absolute Gasteiger partial charge is 0.481 e. The van der Waals surface area contributed by atoms with E-state index < -0.39 is 23.9 Å². The molecule has 1 saturated heterocycles. The first-order valence-corrected chi connectivity index (χ1v) is 9.39. The van der Waals surface area contributed by atoms with Gasteiger partial charge in [-0.3, -0.25) is 19.3 Å². The normalized spacial score (nSPS) is 18.9. The molecule has 2 aromatic rings. The molecule has 2 atom stereocenters. The Labute approximate surface area is 162 Å². The second kappa shape index (κ2) is 8.02.